The van der Waals surface area contributed by atoms with Gasteiger partial charge in [-0.3, -0.25) is 0 Å². The minimum absolute atomic E-state index is 0.337. The van der Waals surface area contributed by atoms with E-state index in [1.807, 2.05) is 6.07 Å². The third kappa shape index (κ3) is 5.88. The summed E-state index contributed by atoms with van der Waals surface area (Å²) in [4.78, 5) is 3.82. The molecule has 1 atom stereocenters. The van der Waals surface area contributed by atoms with E-state index in [2.05, 4.69) is 62.9 Å². The fourth-order valence-corrected chi connectivity index (χ4v) is 4.18. The van der Waals surface area contributed by atoms with Crippen molar-refractivity contribution >= 4 is 17.3 Å². The average Bonchev–Trinajstić information content (AvgIpc) is 2.69. The molecule has 1 aliphatic rings. The Hall–Kier alpha value is -1.75. The topological polar surface area (TPSA) is 37.1 Å². The highest BCUT2D eigenvalue weighted by atomic mass is 35.5. The first-order valence-electron chi connectivity index (χ1n) is 10.6. The van der Waals surface area contributed by atoms with Crippen LogP contribution in [0.25, 0.3) is 0 Å². The zero-order valence-electron chi connectivity index (χ0n) is 18.0. The summed E-state index contributed by atoms with van der Waals surface area (Å²) in [5.41, 5.74) is 4.85. The van der Waals surface area contributed by atoms with Crippen LogP contribution in [0, 0.1) is 13.8 Å². The number of nitrogens with zero attached hydrogens (tertiary/aromatic N) is 1. The lowest BCUT2D eigenvalue weighted by Crippen LogP contribution is -3.16. The van der Waals surface area contributed by atoms with Gasteiger partial charge in [-0.25, -0.2) is 0 Å². The summed E-state index contributed by atoms with van der Waals surface area (Å²) in [6, 6.07) is 12.4. The third-order valence-electron chi connectivity index (χ3n) is 5.73. The molecule has 2 aromatic carbocycles. The highest BCUT2D eigenvalue weighted by molar-refractivity contribution is 6.30. The predicted molar refractivity (Wildman–Crippen MR) is 121 cm³/mol. The quantitative estimate of drug-likeness (QED) is 0.726. The second kappa shape index (κ2) is 9.84. The Bertz CT molecular complexity index is 817. The van der Waals surface area contributed by atoms with E-state index in [1.54, 1.807) is 0 Å². The van der Waals surface area contributed by atoms with E-state index in [0.29, 0.717) is 19.1 Å². The largest absolute Gasteiger partial charge is 0.490 e. The monoisotopic (exact) mass is 417 g/mol. The molecule has 0 saturated carbocycles. The van der Waals surface area contributed by atoms with Gasteiger partial charge in [0.2, 0.25) is 0 Å². The Kier molecular flexibility index (Phi) is 7.44. The van der Waals surface area contributed by atoms with Gasteiger partial charge in [0.05, 0.1) is 26.2 Å². The van der Waals surface area contributed by atoms with Gasteiger partial charge in [-0.15, -0.1) is 0 Å². The molecule has 0 unspecified atom stereocenters. The lowest BCUT2D eigenvalue weighted by Gasteiger charge is -2.35. The first-order valence-corrected chi connectivity index (χ1v) is 11.0. The number of rotatable bonds is 7. The van der Waals surface area contributed by atoms with Crippen molar-refractivity contribution in [2.24, 2.45) is 0 Å². The number of hydrogen-bond donors (Lipinski definition) is 2. The van der Waals surface area contributed by atoms with Crippen LogP contribution in [-0.2, 0) is 0 Å². The van der Waals surface area contributed by atoms with Gasteiger partial charge < -0.3 is 19.6 Å². The maximum Gasteiger partial charge on any atom is 0.137 e. The van der Waals surface area contributed by atoms with E-state index in [-0.39, 0.29) is 0 Å². The lowest BCUT2D eigenvalue weighted by atomic mass is 10.0. The fourth-order valence-electron chi connectivity index (χ4n) is 4.01. The van der Waals surface area contributed by atoms with Crippen LogP contribution >= 0.6 is 11.6 Å². The zero-order chi connectivity index (χ0) is 21.0. The van der Waals surface area contributed by atoms with E-state index in [4.69, 9.17) is 16.3 Å². The second-order valence-corrected chi connectivity index (χ2v) is 8.97. The Morgan fingerprint density at radius 1 is 1.10 bits per heavy atom. The number of anilines is 1. The number of aliphatic hydroxyl groups excluding tert-OH is 1. The molecule has 0 aromatic heterocycles. The number of piperazine rings is 1. The molecule has 4 nitrogen and oxygen atoms in total. The molecule has 29 heavy (non-hydrogen) atoms. The van der Waals surface area contributed by atoms with Crippen LogP contribution in [0.4, 0.5) is 5.69 Å². The number of aliphatic hydroxyl groups is 1. The Morgan fingerprint density at radius 3 is 2.52 bits per heavy atom. The molecular formula is C24H34ClN2O2+. The van der Waals surface area contributed by atoms with Gasteiger partial charge in [0.1, 0.15) is 25.0 Å². The highest BCUT2D eigenvalue weighted by Crippen LogP contribution is 2.27. The summed E-state index contributed by atoms with van der Waals surface area (Å²) in [5.74, 6) is 1.30. The van der Waals surface area contributed by atoms with Crippen LogP contribution in [0.5, 0.6) is 5.75 Å². The van der Waals surface area contributed by atoms with Crippen LogP contribution in [-0.4, -0.2) is 50.5 Å². The number of hydrogen-bond acceptors (Lipinski definition) is 3. The van der Waals surface area contributed by atoms with Crippen molar-refractivity contribution in [3.63, 3.8) is 0 Å². The van der Waals surface area contributed by atoms with Crippen molar-refractivity contribution in [2.75, 3.05) is 44.2 Å². The Labute approximate surface area is 180 Å². The number of halogens is 1. The van der Waals surface area contributed by atoms with Crippen molar-refractivity contribution in [2.45, 2.75) is 39.7 Å². The van der Waals surface area contributed by atoms with Gasteiger partial charge in [0, 0.05) is 10.7 Å². The van der Waals surface area contributed by atoms with E-state index >= 15 is 0 Å². The van der Waals surface area contributed by atoms with Crippen molar-refractivity contribution < 1.29 is 14.7 Å². The van der Waals surface area contributed by atoms with Gasteiger partial charge in [-0.2, -0.15) is 0 Å². The normalized spacial score (nSPS) is 16.3. The molecule has 2 N–H and O–H groups in total. The number of aryl methyl sites for hydroxylation is 2. The first-order chi connectivity index (χ1) is 13.8. The zero-order valence-corrected chi connectivity index (χ0v) is 18.8. The molecule has 2 aromatic rings. The van der Waals surface area contributed by atoms with E-state index < -0.39 is 6.10 Å². The van der Waals surface area contributed by atoms with E-state index in [1.165, 1.54) is 27.3 Å². The van der Waals surface area contributed by atoms with Gasteiger partial charge in [0.15, 0.2) is 0 Å². The predicted octanol–water partition coefficient (Wildman–Crippen LogP) is 3.23. The average molecular weight is 418 g/mol. The van der Waals surface area contributed by atoms with Crippen LogP contribution < -0.4 is 14.5 Å². The van der Waals surface area contributed by atoms with Crippen LogP contribution in [0.15, 0.2) is 36.4 Å². The van der Waals surface area contributed by atoms with Crippen molar-refractivity contribution in [3.8, 4) is 5.75 Å². The van der Waals surface area contributed by atoms with Crippen molar-refractivity contribution in [1.82, 2.24) is 0 Å². The highest BCUT2D eigenvalue weighted by Gasteiger charge is 2.24. The summed E-state index contributed by atoms with van der Waals surface area (Å²) < 4.78 is 6.01. The maximum atomic E-state index is 10.5. The number of quaternary nitrogens is 1. The molecule has 1 heterocycles. The van der Waals surface area contributed by atoms with Crippen LogP contribution in [0.2, 0.25) is 5.02 Å². The molecule has 1 fully saturated rings. The fraction of sp³-hybridized carbons (Fsp3) is 0.500. The maximum absolute atomic E-state index is 10.5. The Balaban J connectivity index is 1.50. The summed E-state index contributed by atoms with van der Waals surface area (Å²) in [7, 11) is 0. The SMILES string of the molecule is Cc1ccc(C(C)C)c(OC[C@H](O)C[NH+]2CCN(c3cc(Cl)ccc3C)CC2)c1. The molecule has 0 radical (unpaired) electrons. The molecular weight excluding hydrogens is 384 g/mol. The lowest BCUT2D eigenvalue weighted by molar-refractivity contribution is -0.903. The first kappa shape index (κ1) is 21.9. The summed E-state index contributed by atoms with van der Waals surface area (Å²) in [6.45, 7) is 13.5. The number of benzene rings is 2. The molecule has 0 bridgehead atoms. The molecule has 158 valence electrons. The minimum atomic E-state index is -0.468. The van der Waals surface area contributed by atoms with Crippen molar-refractivity contribution in [1.29, 1.82) is 0 Å². The third-order valence-corrected chi connectivity index (χ3v) is 5.96. The number of ether oxygens (including phenoxy) is 1. The second-order valence-electron chi connectivity index (χ2n) is 8.53. The molecule has 1 aliphatic heterocycles. The number of nitrogens with one attached hydrogen (secondary N) is 1. The molecule has 0 amide bonds. The van der Waals surface area contributed by atoms with Gasteiger partial charge in [-0.05, 0) is 54.7 Å². The summed E-state index contributed by atoms with van der Waals surface area (Å²) >= 11 is 6.18. The molecule has 1 saturated heterocycles. The summed E-state index contributed by atoms with van der Waals surface area (Å²) in [5, 5.41) is 11.3. The van der Waals surface area contributed by atoms with Crippen molar-refractivity contribution in [3.05, 3.63) is 58.1 Å². The Morgan fingerprint density at radius 2 is 1.83 bits per heavy atom. The van der Waals surface area contributed by atoms with Crippen LogP contribution in [0.1, 0.15) is 36.5 Å². The van der Waals surface area contributed by atoms with Gasteiger partial charge in [-0.1, -0.05) is 43.6 Å². The van der Waals surface area contributed by atoms with E-state index in [0.717, 1.165) is 37.0 Å². The smallest absolute Gasteiger partial charge is 0.137 e. The molecule has 0 spiro atoms. The van der Waals surface area contributed by atoms with Gasteiger partial charge >= 0.3 is 0 Å². The molecule has 0 aliphatic carbocycles. The van der Waals surface area contributed by atoms with E-state index in [9.17, 15) is 5.11 Å². The van der Waals surface area contributed by atoms with Crippen LogP contribution in [0.3, 0.4) is 0 Å². The standard InChI is InChI=1S/C24H33ClN2O2/c1-17(2)22-8-5-18(3)13-24(22)29-16-21(28)15-26-9-11-27(12-10-26)23-14-20(25)7-6-19(23)4/h5-8,13-14,17,21,28H,9-12,15-16H2,1-4H3/p+1/t21-/m1/s1. The molecule has 5 heteroatoms. The van der Waals surface area contributed by atoms with Gasteiger partial charge in [0.25, 0.3) is 0 Å². The minimum Gasteiger partial charge on any atom is -0.490 e. The molecule has 3 rings (SSSR count). The summed E-state index contributed by atoms with van der Waals surface area (Å²) in [6.07, 6.45) is -0.468.